The van der Waals surface area contributed by atoms with Gasteiger partial charge in [0, 0.05) is 32.7 Å². The second kappa shape index (κ2) is 18.4. The van der Waals surface area contributed by atoms with E-state index < -0.39 is 23.0 Å². The maximum atomic E-state index is 13.7. The van der Waals surface area contributed by atoms with E-state index in [4.69, 9.17) is 9.47 Å². The Labute approximate surface area is 312 Å². The Hall–Kier alpha value is -5.07. The molecule has 4 aromatic rings. The number of phenols is 1. The quantitative estimate of drug-likeness (QED) is 0.0610. The van der Waals surface area contributed by atoms with Crippen LogP contribution in [0.3, 0.4) is 0 Å². The second-order valence-electron chi connectivity index (χ2n) is 12.1. The molecule has 1 unspecified atom stereocenters. The van der Waals surface area contributed by atoms with E-state index in [0.29, 0.717) is 39.5 Å². The van der Waals surface area contributed by atoms with Crippen LogP contribution in [0.25, 0.3) is 6.08 Å². The number of hydrogen-bond acceptors (Lipinski definition) is 9. The van der Waals surface area contributed by atoms with E-state index in [0.717, 1.165) is 53.9 Å². The van der Waals surface area contributed by atoms with Crippen LogP contribution >= 0.6 is 23.1 Å². The topological polar surface area (TPSA) is 143 Å². The summed E-state index contributed by atoms with van der Waals surface area (Å²) >= 11 is 2.82. The zero-order chi connectivity index (χ0) is 37.0. The van der Waals surface area contributed by atoms with Gasteiger partial charge < -0.3 is 30.5 Å². The van der Waals surface area contributed by atoms with Gasteiger partial charge in [-0.1, -0.05) is 44.0 Å². The van der Waals surface area contributed by atoms with Gasteiger partial charge in [-0.3, -0.25) is 14.4 Å². The number of esters is 1. The Balaban J connectivity index is 1.34. The van der Waals surface area contributed by atoms with E-state index in [1.807, 2.05) is 13.0 Å². The minimum atomic E-state index is -0.592. The zero-order valence-corrected chi connectivity index (χ0v) is 31.1. The number of hydrogen-bond donors (Lipinski definition) is 4. The molecule has 1 aliphatic rings. The molecule has 0 fully saturated rings. The number of anilines is 2. The van der Waals surface area contributed by atoms with Crippen molar-refractivity contribution < 1.29 is 33.8 Å². The number of amides is 3. The van der Waals surface area contributed by atoms with Gasteiger partial charge in [0.25, 0.3) is 11.8 Å². The van der Waals surface area contributed by atoms with Crippen LogP contribution in [0.5, 0.6) is 11.5 Å². The van der Waals surface area contributed by atoms with Gasteiger partial charge in [-0.15, -0.1) is 23.1 Å². The molecule has 1 heterocycles. The smallest absolute Gasteiger partial charge is 0.341 e. The Morgan fingerprint density at radius 2 is 1.69 bits per heavy atom. The Morgan fingerprint density at radius 3 is 2.42 bits per heavy atom. The molecule has 10 nitrogen and oxygen atoms in total. The minimum absolute atomic E-state index is 0.0125. The molecule has 1 aliphatic carbocycles. The Morgan fingerprint density at radius 1 is 0.923 bits per heavy atom. The van der Waals surface area contributed by atoms with Gasteiger partial charge in [-0.25, -0.2) is 4.79 Å². The lowest BCUT2D eigenvalue weighted by atomic mass is 9.96. The fourth-order valence-corrected chi connectivity index (χ4v) is 8.16. The first-order chi connectivity index (χ1) is 25.2. The third kappa shape index (κ3) is 9.83. The summed E-state index contributed by atoms with van der Waals surface area (Å²) < 4.78 is 10.8. The van der Waals surface area contributed by atoms with E-state index in [2.05, 4.69) is 16.0 Å². The van der Waals surface area contributed by atoms with Crippen molar-refractivity contribution in [1.29, 1.82) is 0 Å². The van der Waals surface area contributed by atoms with Crippen molar-refractivity contribution >= 4 is 63.6 Å². The van der Waals surface area contributed by atoms with Crippen molar-refractivity contribution in [2.24, 2.45) is 0 Å². The summed E-state index contributed by atoms with van der Waals surface area (Å²) in [7, 11) is 1.44. The predicted molar refractivity (Wildman–Crippen MR) is 206 cm³/mol. The molecule has 3 amide bonds. The molecule has 3 aromatic carbocycles. The number of thiophene rings is 1. The number of aromatic hydroxyl groups is 1. The number of ether oxygens (including phenoxy) is 2. The average molecular weight is 742 g/mol. The summed E-state index contributed by atoms with van der Waals surface area (Å²) in [6.45, 7) is 3.95. The van der Waals surface area contributed by atoms with Gasteiger partial charge in [0.05, 0.1) is 24.5 Å². The first kappa shape index (κ1) is 38.2. The minimum Gasteiger partial charge on any atom is -0.508 e. The summed E-state index contributed by atoms with van der Waals surface area (Å²) in [5, 5.41) is 18.6. The molecule has 4 N–H and O–H groups in total. The number of fused-ring (bicyclic) bond motifs is 1. The van der Waals surface area contributed by atoms with Gasteiger partial charge in [0.15, 0.2) is 0 Å². The highest BCUT2D eigenvalue weighted by molar-refractivity contribution is 8.00. The van der Waals surface area contributed by atoms with Crippen LogP contribution < -0.4 is 20.7 Å². The molecule has 1 aromatic heterocycles. The molecule has 272 valence electrons. The first-order valence-electron chi connectivity index (χ1n) is 17.4. The number of aryl methyl sites for hydroxylation is 1. The van der Waals surface area contributed by atoms with Crippen molar-refractivity contribution in [3.63, 3.8) is 0 Å². The van der Waals surface area contributed by atoms with Crippen LogP contribution in [0.2, 0.25) is 0 Å². The normalized spacial score (nSPS) is 13.5. The highest BCUT2D eigenvalue weighted by Crippen LogP contribution is 2.39. The molecule has 12 heteroatoms. The van der Waals surface area contributed by atoms with Crippen molar-refractivity contribution in [2.75, 3.05) is 24.4 Å². The van der Waals surface area contributed by atoms with Crippen molar-refractivity contribution in [2.45, 2.75) is 68.9 Å². The SMILES string of the molecule is CCOC(=O)c1c(NC(=O)C(CC)Sc2cccc(NC(=O)/C(=C\c3ccc(O)cc3OC)NC(=O)c3ccccc3)c2)sc2c1CCCCCC2. The third-order valence-corrected chi connectivity index (χ3v) is 11.0. The number of benzene rings is 3. The highest BCUT2D eigenvalue weighted by Gasteiger charge is 2.28. The lowest BCUT2D eigenvalue weighted by Gasteiger charge is -2.16. The van der Waals surface area contributed by atoms with Crippen LogP contribution in [0.1, 0.15) is 82.7 Å². The van der Waals surface area contributed by atoms with Gasteiger partial charge in [-0.2, -0.15) is 0 Å². The maximum Gasteiger partial charge on any atom is 0.341 e. The van der Waals surface area contributed by atoms with Gasteiger partial charge >= 0.3 is 5.97 Å². The molecule has 5 rings (SSSR count). The van der Waals surface area contributed by atoms with Gasteiger partial charge in [-0.05, 0) is 93.1 Å². The first-order valence-corrected chi connectivity index (χ1v) is 19.1. The number of thioether (sulfide) groups is 1. The summed E-state index contributed by atoms with van der Waals surface area (Å²) in [6.07, 6.45) is 7.95. The number of methoxy groups -OCH3 is 1. The standard InChI is InChI=1S/C40H43N3O7S2/c1-4-33(38(47)43-39-35(40(48)50-5-2)30-18-11-6-7-12-19-34(30)52-39)51-29-17-13-16-27(23-29)41-37(46)31(42-36(45)25-14-9-8-10-15-25)22-26-20-21-28(44)24-32(26)49-3/h8-10,13-17,20-24,33,44H,4-7,11-12,18-19H2,1-3H3,(H,41,46)(H,42,45)(H,43,47)/b31-22+. The molecule has 52 heavy (non-hydrogen) atoms. The zero-order valence-electron chi connectivity index (χ0n) is 29.5. The molecular weight excluding hydrogens is 699 g/mol. The average Bonchev–Trinajstić information content (AvgIpc) is 3.46. The lowest BCUT2D eigenvalue weighted by Crippen LogP contribution is -2.30. The molecule has 0 saturated carbocycles. The maximum absolute atomic E-state index is 13.7. The predicted octanol–water partition coefficient (Wildman–Crippen LogP) is 8.22. The molecule has 0 spiro atoms. The van der Waals surface area contributed by atoms with E-state index in [9.17, 15) is 24.3 Å². The number of rotatable bonds is 13. The molecular formula is C40H43N3O7S2. The molecule has 0 radical (unpaired) electrons. The summed E-state index contributed by atoms with van der Waals surface area (Å²) in [5.41, 5.74) is 2.71. The molecule has 0 bridgehead atoms. The number of nitrogens with one attached hydrogen (secondary N) is 3. The van der Waals surface area contributed by atoms with E-state index >= 15 is 0 Å². The number of phenolic OH excluding ortho intramolecular Hbond substituents is 1. The van der Waals surface area contributed by atoms with Crippen LogP contribution in [-0.4, -0.2) is 47.8 Å². The van der Waals surface area contributed by atoms with E-state index in [1.54, 1.807) is 61.5 Å². The van der Waals surface area contributed by atoms with E-state index in [-0.39, 0.29) is 24.0 Å². The van der Waals surface area contributed by atoms with Crippen molar-refractivity contribution in [3.05, 3.63) is 106 Å². The summed E-state index contributed by atoms with van der Waals surface area (Å²) in [6, 6.07) is 20.1. The van der Waals surface area contributed by atoms with Crippen LogP contribution in [0.15, 0.2) is 83.4 Å². The number of carbonyl (C=O) groups is 4. The van der Waals surface area contributed by atoms with Gasteiger partial charge in [0.2, 0.25) is 5.91 Å². The second-order valence-corrected chi connectivity index (χ2v) is 14.5. The largest absolute Gasteiger partial charge is 0.508 e. The van der Waals surface area contributed by atoms with Crippen LogP contribution in [0.4, 0.5) is 10.7 Å². The molecule has 1 atom stereocenters. The molecule has 0 aliphatic heterocycles. The van der Waals surface area contributed by atoms with Gasteiger partial charge in [0.1, 0.15) is 22.2 Å². The van der Waals surface area contributed by atoms with Crippen LogP contribution in [0, 0.1) is 0 Å². The number of carbonyl (C=O) groups excluding carboxylic acids is 4. The fourth-order valence-electron chi connectivity index (χ4n) is 5.87. The fraction of sp³-hybridized carbons (Fsp3) is 0.300. The van der Waals surface area contributed by atoms with Crippen molar-refractivity contribution in [3.8, 4) is 11.5 Å². The van der Waals surface area contributed by atoms with E-state index in [1.165, 1.54) is 48.4 Å². The monoisotopic (exact) mass is 741 g/mol. The third-order valence-electron chi connectivity index (χ3n) is 8.47. The highest BCUT2D eigenvalue weighted by atomic mass is 32.2. The Kier molecular flexibility index (Phi) is 13.5. The summed E-state index contributed by atoms with van der Waals surface area (Å²) in [4.78, 5) is 55.6. The van der Waals surface area contributed by atoms with Crippen molar-refractivity contribution in [1.82, 2.24) is 5.32 Å². The van der Waals surface area contributed by atoms with Crippen LogP contribution in [-0.2, 0) is 27.2 Å². The lowest BCUT2D eigenvalue weighted by molar-refractivity contribution is -0.116. The summed E-state index contributed by atoms with van der Waals surface area (Å²) in [5.74, 6) is -1.41. The molecule has 0 saturated heterocycles. The Bertz CT molecular complexity index is 1940.